The third kappa shape index (κ3) is 3.60. The molecular formula is C21H19N3O3. The smallest absolute Gasteiger partial charge is 0.256 e. The van der Waals surface area contributed by atoms with Gasteiger partial charge in [0.15, 0.2) is 0 Å². The quantitative estimate of drug-likeness (QED) is 0.750. The number of aromatic amines is 1. The molecule has 0 atom stereocenters. The second kappa shape index (κ2) is 7.07. The van der Waals surface area contributed by atoms with Gasteiger partial charge in [0.05, 0.1) is 5.56 Å². The number of amides is 2. The summed E-state index contributed by atoms with van der Waals surface area (Å²) in [5, 5.41) is 3.55. The Bertz CT molecular complexity index is 1090. The zero-order valence-corrected chi connectivity index (χ0v) is 14.7. The Morgan fingerprint density at radius 2 is 1.93 bits per heavy atom. The molecule has 0 unspecified atom stereocenters. The Morgan fingerprint density at radius 1 is 1.07 bits per heavy atom. The second-order valence-corrected chi connectivity index (χ2v) is 6.67. The van der Waals surface area contributed by atoms with Crippen molar-refractivity contribution >= 4 is 28.4 Å². The fourth-order valence-electron chi connectivity index (χ4n) is 3.43. The molecule has 0 bridgehead atoms. The third-order valence-electron chi connectivity index (χ3n) is 4.72. The summed E-state index contributed by atoms with van der Waals surface area (Å²) in [4.78, 5) is 41.0. The van der Waals surface area contributed by atoms with Gasteiger partial charge in [-0.1, -0.05) is 30.3 Å². The standard InChI is InChI=1S/C21H19N3O3/c25-19-12-17(16-7-1-2-8-18(16)23-19)21(27)22-15-6-3-5-14(11-15)13-24-10-4-9-20(24)26/h1-3,5-8,11-12H,4,9-10,13H2,(H,22,27)(H,23,25). The molecule has 2 heterocycles. The zero-order chi connectivity index (χ0) is 18.8. The first kappa shape index (κ1) is 17.0. The van der Waals surface area contributed by atoms with E-state index in [-0.39, 0.29) is 17.4 Å². The molecule has 0 aliphatic carbocycles. The molecule has 1 fully saturated rings. The van der Waals surface area contributed by atoms with E-state index in [0.717, 1.165) is 18.5 Å². The molecule has 1 saturated heterocycles. The summed E-state index contributed by atoms with van der Waals surface area (Å²) in [5.74, 6) is -0.175. The Labute approximate surface area is 155 Å². The number of fused-ring (bicyclic) bond motifs is 1. The van der Waals surface area contributed by atoms with Crippen LogP contribution in [0.4, 0.5) is 5.69 Å². The van der Waals surface area contributed by atoms with E-state index < -0.39 is 0 Å². The monoisotopic (exact) mass is 361 g/mol. The minimum atomic E-state index is -0.341. The maximum absolute atomic E-state index is 12.8. The number of anilines is 1. The number of carbonyl (C=O) groups is 2. The van der Waals surface area contributed by atoms with Gasteiger partial charge in [-0.15, -0.1) is 0 Å². The van der Waals surface area contributed by atoms with Crippen molar-refractivity contribution in [2.45, 2.75) is 19.4 Å². The minimum Gasteiger partial charge on any atom is -0.338 e. The van der Waals surface area contributed by atoms with Crippen molar-refractivity contribution < 1.29 is 9.59 Å². The molecule has 0 saturated carbocycles. The number of nitrogens with zero attached hydrogens (tertiary/aromatic N) is 1. The van der Waals surface area contributed by atoms with Crippen molar-refractivity contribution in [3.63, 3.8) is 0 Å². The molecule has 1 aliphatic rings. The van der Waals surface area contributed by atoms with E-state index in [9.17, 15) is 14.4 Å². The summed E-state index contributed by atoms with van der Waals surface area (Å²) in [7, 11) is 0. The van der Waals surface area contributed by atoms with E-state index in [2.05, 4.69) is 10.3 Å². The lowest BCUT2D eigenvalue weighted by atomic mass is 10.1. The van der Waals surface area contributed by atoms with Crippen LogP contribution in [-0.2, 0) is 11.3 Å². The number of H-pyrrole nitrogens is 1. The molecule has 2 N–H and O–H groups in total. The van der Waals surface area contributed by atoms with Gasteiger partial charge in [-0.2, -0.15) is 0 Å². The lowest BCUT2D eigenvalue weighted by Gasteiger charge is -2.16. The van der Waals surface area contributed by atoms with Gasteiger partial charge in [0, 0.05) is 42.2 Å². The molecule has 136 valence electrons. The number of likely N-dealkylation sites (tertiary alicyclic amines) is 1. The van der Waals surface area contributed by atoms with Crippen LogP contribution >= 0.6 is 0 Å². The molecule has 27 heavy (non-hydrogen) atoms. The van der Waals surface area contributed by atoms with Crippen LogP contribution in [0.3, 0.4) is 0 Å². The highest BCUT2D eigenvalue weighted by Gasteiger charge is 2.20. The minimum absolute atomic E-state index is 0.166. The fourth-order valence-corrected chi connectivity index (χ4v) is 3.43. The lowest BCUT2D eigenvalue weighted by Crippen LogP contribution is -2.24. The van der Waals surface area contributed by atoms with Gasteiger partial charge in [-0.05, 0) is 30.2 Å². The van der Waals surface area contributed by atoms with E-state index in [1.165, 1.54) is 6.07 Å². The van der Waals surface area contributed by atoms with Crippen molar-refractivity contribution in [2.75, 3.05) is 11.9 Å². The van der Waals surface area contributed by atoms with Gasteiger partial charge in [-0.3, -0.25) is 14.4 Å². The topological polar surface area (TPSA) is 82.3 Å². The number of carbonyl (C=O) groups excluding carboxylic acids is 2. The van der Waals surface area contributed by atoms with Crippen LogP contribution in [-0.4, -0.2) is 28.2 Å². The van der Waals surface area contributed by atoms with Crippen LogP contribution < -0.4 is 10.9 Å². The third-order valence-corrected chi connectivity index (χ3v) is 4.72. The van der Waals surface area contributed by atoms with Gasteiger partial charge in [0.2, 0.25) is 11.5 Å². The molecule has 1 aromatic heterocycles. The number of rotatable bonds is 4. The predicted octanol–water partition coefficient (Wildman–Crippen LogP) is 2.90. The van der Waals surface area contributed by atoms with Gasteiger partial charge in [0.1, 0.15) is 0 Å². The van der Waals surface area contributed by atoms with E-state index in [0.29, 0.717) is 35.1 Å². The van der Waals surface area contributed by atoms with Crippen LogP contribution in [0.2, 0.25) is 0 Å². The zero-order valence-electron chi connectivity index (χ0n) is 14.7. The first-order valence-corrected chi connectivity index (χ1v) is 8.90. The maximum Gasteiger partial charge on any atom is 0.256 e. The van der Waals surface area contributed by atoms with E-state index in [1.807, 2.05) is 35.2 Å². The van der Waals surface area contributed by atoms with E-state index in [1.54, 1.807) is 18.2 Å². The first-order chi connectivity index (χ1) is 13.1. The molecule has 0 spiro atoms. The molecule has 4 rings (SSSR count). The first-order valence-electron chi connectivity index (χ1n) is 8.90. The number of aromatic nitrogens is 1. The Balaban J connectivity index is 1.58. The average Bonchev–Trinajstić information content (AvgIpc) is 3.06. The molecule has 3 aromatic rings. The highest BCUT2D eigenvalue weighted by atomic mass is 16.2. The maximum atomic E-state index is 12.8. The second-order valence-electron chi connectivity index (χ2n) is 6.67. The van der Waals surface area contributed by atoms with Crippen LogP contribution in [0.1, 0.15) is 28.8 Å². The molecule has 1 aliphatic heterocycles. The van der Waals surface area contributed by atoms with Crippen molar-refractivity contribution in [3.8, 4) is 0 Å². The fraction of sp³-hybridized carbons (Fsp3) is 0.190. The molecule has 0 radical (unpaired) electrons. The summed E-state index contributed by atoms with van der Waals surface area (Å²) >= 11 is 0. The Hall–Kier alpha value is -3.41. The highest BCUT2D eigenvalue weighted by molar-refractivity contribution is 6.12. The summed E-state index contributed by atoms with van der Waals surface area (Å²) in [6.45, 7) is 1.31. The molecule has 2 amide bonds. The number of nitrogens with one attached hydrogen (secondary N) is 2. The summed E-state index contributed by atoms with van der Waals surface area (Å²) in [6.07, 6.45) is 1.50. The number of hydrogen-bond donors (Lipinski definition) is 2. The molecular weight excluding hydrogens is 342 g/mol. The number of benzene rings is 2. The molecule has 6 heteroatoms. The van der Waals surface area contributed by atoms with Crippen LogP contribution in [0.5, 0.6) is 0 Å². The number of pyridine rings is 1. The Kier molecular flexibility index (Phi) is 4.46. The van der Waals surface area contributed by atoms with E-state index in [4.69, 9.17) is 0 Å². The average molecular weight is 361 g/mol. The molecule has 6 nitrogen and oxygen atoms in total. The van der Waals surface area contributed by atoms with Crippen molar-refractivity contribution in [3.05, 3.63) is 76.1 Å². The number of para-hydroxylation sites is 1. The highest BCUT2D eigenvalue weighted by Crippen LogP contribution is 2.19. The van der Waals surface area contributed by atoms with E-state index >= 15 is 0 Å². The van der Waals surface area contributed by atoms with Gasteiger partial charge >= 0.3 is 0 Å². The Morgan fingerprint density at radius 3 is 2.74 bits per heavy atom. The summed E-state index contributed by atoms with van der Waals surface area (Å²) < 4.78 is 0. The van der Waals surface area contributed by atoms with Crippen molar-refractivity contribution in [1.29, 1.82) is 0 Å². The number of hydrogen-bond acceptors (Lipinski definition) is 3. The largest absolute Gasteiger partial charge is 0.338 e. The predicted molar refractivity (Wildman–Crippen MR) is 104 cm³/mol. The van der Waals surface area contributed by atoms with Crippen LogP contribution in [0.25, 0.3) is 10.9 Å². The molecule has 2 aromatic carbocycles. The van der Waals surface area contributed by atoms with Gasteiger partial charge in [-0.25, -0.2) is 0 Å². The van der Waals surface area contributed by atoms with Gasteiger partial charge < -0.3 is 15.2 Å². The van der Waals surface area contributed by atoms with Crippen molar-refractivity contribution in [1.82, 2.24) is 9.88 Å². The summed E-state index contributed by atoms with van der Waals surface area (Å²) in [5.41, 5.74) is 2.22. The van der Waals surface area contributed by atoms with Gasteiger partial charge in [0.25, 0.3) is 5.91 Å². The lowest BCUT2D eigenvalue weighted by molar-refractivity contribution is -0.128. The van der Waals surface area contributed by atoms with Crippen LogP contribution in [0.15, 0.2) is 59.4 Å². The SMILES string of the molecule is O=C(Nc1cccc(CN2CCCC2=O)c1)c1cc(=O)[nH]c2ccccc12. The summed E-state index contributed by atoms with van der Waals surface area (Å²) in [6, 6.07) is 15.9. The van der Waals surface area contributed by atoms with Crippen LogP contribution in [0, 0.1) is 0 Å². The van der Waals surface area contributed by atoms with Crippen molar-refractivity contribution in [2.24, 2.45) is 0 Å². The normalized spacial score (nSPS) is 13.9.